The van der Waals surface area contributed by atoms with Crippen molar-refractivity contribution in [1.82, 2.24) is 9.88 Å². The largest absolute Gasteiger partial charge is 0.497 e. The molecule has 3 rings (SSSR count). The predicted octanol–water partition coefficient (Wildman–Crippen LogP) is 2.79. The lowest BCUT2D eigenvalue weighted by atomic mass is 10.1. The van der Waals surface area contributed by atoms with Crippen LogP contribution >= 0.6 is 0 Å². The Morgan fingerprint density at radius 3 is 2.57 bits per heavy atom. The third kappa shape index (κ3) is 6.29. The summed E-state index contributed by atoms with van der Waals surface area (Å²) in [7, 11) is 1.66. The van der Waals surface area contributed by atoms with Crippen LogP contribution in [0.5, 0.6) is 5.75 Å². The number of aromatic nitrogens is 1. The molecule has 0 spiro atoms. The number of ether oxygens (including phenoxy) is 2. The maximum Gasteiger partial charge on any atom is 0.306 e. The smallest absolute Gasteiger partial charge is 0.306 e. The van der Waals surface area contributed by atoms with Crippen molar-refractivity contribution in [2.45, 2.75) is 19.8 Å². The van der Waals surface area contributed by atoms with Crippen LogP contribution in [-0.4, -0.2) is 68.1 Å². The molecule has 0 radical (unpaired) electrons. The van der Waals surface area contributed by atoms with Crippen molar-refractivity contribution in [2.75, 3.05) is 51.3 Å². The van der Waals surface area contributed by atoms with Crippen LogP contribution in [-0.2, 0) is 14.3 Å². The van der Waals surface area contributed by atoms with E-state index in [1.54, 1.807) is 7.11 Å². The third-order valence-electron chi connectivity index (χ3n) is 5.09. The Morgan fingerprint density at radius 1 is 1.07 bits per heavy atom. The van der Waals surface area contributed by atoms with Gasteiger partial charge in [-0.2, -0.15) is 0 Å². The highest BCUT2D eigenvalue weighted by atomic mass is 16.5. The van der Waals surface area contributed by atoms with Crippen molar-refractivity contribution in [3.63, 3.8) is 0 Å². The standard InChI is InChI=1S/C23H29N3O4/c1-18(27)17-30-23(28)10-5-11-25-12-14-26(15-13-25)22-9-4-8-21(24-22)19-6-3-7-20(16-19)29-2/h3-4,6-9,16H,5,10-15,17H2,1-2H3. The Balaban J connectivity index is 1.48. The highest BCUT2D eigenvalue weighted by Gasteiger charge is 2.18. The Morgan fingerprint density at radius 2 is 1.83 bits per heavy atom. The fraction of sp³-hybridized carbons (Fsp3) is 0.435. The number of Topliss-reactive ketones (excluding diaryl/α,β-unsaturated/α-hetero) is 1. The number of hydrogen-bond donors (Lipinski definition) is 0. The quantitative estimate of drug-likeness (QED) is 0.588. The fourth-order valence-electron chi connectivity index (χ4n) is 3.44. The second kappa shape index (κ2) is 10.7. The summed E-state index contributed by atoms with van der Waals surface area (Å²) in [6.45, 7) is 5.77. The summed E-state index contributed by atoms with van der Waals surface area (Å²) in [5.41, 5.74) is 1.96. The van der Waals surface area contributed by atoms with Gasteiger partial charge < -0.3 is 14.4 Å². The second-order valence-corrected chi connectivity index (χ2v) is 7.41. The molecular weight excluding hydrogens is 382 g/mol. The molecule has 1 saturated heterocycles. The average molecular weight is 412 g/mol. The number of hydrogen-bond acceptors (Lipinski definition) is 7. The van der Waals surface area contributed by atoms with Crippen LogP contribution < -0.4 is 9.64 Å². The summed E-state index contributed by atoms with van der Waals surface area (Å²) in [6.07, 6.45) is 1.08. The van der Waals surface area contributed by atoms with E-state index in [1.165, 1.54) is 6.92 Å². The predicted molar refractivity (Wildman–Crippen MR) is 116 cm³/mol. The summed E-state index contributed by atoms with van der Waals surface area (Å²) >= 11 is 0. The first-order valence-electron chi connectivity index (χ1n) is 10.3. The van der Waals surface area contributed by atoms with E-state index in [0.717, 1.165) is 62.0 Å². The van der Waals surface area contributed by atoms with Crippen molar-refractivity contribution in [3.05, 3.63) is 42.5 Å². The van der Waals surface area contributed by atoms with Crippen molar-refractivity contribution in [2.24, 2.45) is 0 Å². The molecule has 1 aliphatic heterocycles. The van der Waals surface area contributed by atoms with Crippen LogP contribution in [0, 0.1) is 0 Å². The van der Waals surface area contributed by atoms with E-state index in [9.17, 15) is 9.59 Å². The van der Waals surface area contributed by atoms with Crippen molar-refractivity contribution in [3.8, 4) is 17.0 Å². The zero-order valence-electron chi connectivity index (χ0n) is 17.7. The molecule has 2 heterocycles. The number of piperazine rings is 1. The topological polar surface area (TPSA) is 72.0 Å². The van der Waals surface area contributed by atoms with E-state index in [2.05, 4.69) is 9.80 Å². The molecule has 0 saturated carbocycles. The van der Waals surface area contributed by atoms with E-state index >= 15 is 0 Å². The Kier molecular flexibility index (Phi) is 7.79. The zero-order chi connectivity index (χ0) is 21.3. The van der Waals surface area contributed by atoms with Crippen LogP contribution in [0.3, 0.4) is 0 Å². The Bertz CT molecular complexity index is 863. The first-order chi connectivity index (χ1) is 14.5. The van der Waals surface area contributed by atoms with E-state index in [4.69, 9.17) is 14.5 Å². The maximum atomic E-state index is 11.6. The average Bonchev–Trinajstić information content (AvgIpc) is 2.78. The second-order valence-electron chi connectivity index (χ2n) is 7.41. The highest BCUT2D eigenvalue weighted by Crippen LogP contribution is 2.24. The van der Waals surface area contributed by atoms with Gasteiger partial charge in [-0.05, 0) is 44.2 Å². The van der Waals surface area contributed by atoms with Gasteiger partial charge in [0.2, 0.25) is 0 Å². The van der Waals surface area contributed by atoms with E-state index in [0.29, 0.717) is 6.42 Å². The van der Waals surface area contributed by atoms with Gasteiger partial charge in [0, 0.05) is 38.2 Å². The maximum absolute atomic E-state index is 11.6. The molecule has 30 heavy (non-hydrogen) atoms. The molecule has 0 N–H and O–H groups in total. The molecule has 1 aromatic heterocycles. The summed E-state index contributed by atoms with van der Waals surface area (Å²) < 4.78 is 10.2. The normalized spacial score (nSPS) is 14.4. The monoisotopic (exact) mass is 411 g/mol. The van der Waals surface area contributed by atoms with Crippen molar-refractivity contribution in [1.29, 1.82) is 0 Å². The SMILES string of the molecule is COc1cccc(-c2cccc(N3CCN(CCCC(=O)OCC(C)=O)CC3)n2)c1. The van der Waals surface area contributed by atoms with Gasteiger partial charge in [0.25, 0.3) is 0 Å². The number of methoxy groups -OCH3 is 1. The molecule has 7 nitrogen and oxygen atoms in total. The summed E-state index contributed by atoms with van der Waals surface area (Å²) in [6, 6.07) is 14.0. The number of ketones is 1. The number of anilines is 1. The minimum atomic E-state index is -0.303. The molecule has 0 aliphatic carbocycles. The minimum Gasteiger partial charge on any atom is -0.497 e. The van der Waals surface area contributed by atoms with Crippen LogP contribution in [0.1, 0.15) is 19.8 Å². The van der Waals surface area contributed by atoms with Gasteiger partial charge in [-0.1, -0.05) is 18.2 Å². The number of nitrogens with zero attached hydrogens (tertiary/aromatic N) is 3. The van der Waals surface area contributed by atoms with Gasteiger partial charge in [0.05, 0.1) is 12.8 Å². The molecule has 1 aromatic carbocycles. The van der Waals surface area contributed by atoms with Gasteiger partial charge >= 0.3 is 5.97 Å². The number of benzene rings is 1. The lowest BCUT2D eigenvalue weighted by Crippen LogP contribution is -2.47. The first-order valence-corrected chi connectivity index (χ1v) is 10.3. The van der Waals surface area contributed by atoms with Gasteiger partial charge in [-0.15, -0.1) is 0 Å². The minimum absolute atomic E-state index is 0.126. The van der Waals surface area contributed by atoms with Crippen LogP contribution in [0.25, 0.3) is 11.3 Å². The van der Waals surface area contributed by atoms with Crippen molar-refractivity contribution >= 4 is 17.6 Å². The zero-order valence-corrected chi connectivity index (χ0v) is 17.7. The molecule has 7 heteroatoms. The molecule has 0 amide bonds. The van der Waals surface area contributed by atoms with Crippen LogP contribution in [0.4, 0.5) is 5.82 Å². The molecule has 0 unspecified atom stereocenters. The number of carbonyl (C=O) groups excluding carboxylic acids is 2. The highest BCUT2D eigenvalue weighted by molar-refractivity contribution is 5.80. The van der Waals surface area contributed by atoms with E-state index in [-0.39, 0.29) is 18.4 Å². The molecule has 1 aliphatic rings. The molecule has 2 aromatic rings. The Hall–Kier alpha value is -2.93. The summed E-state index contributed by atoms with van der Waals surface area (Å²) in [5, 5.41) is 0. The number of esters is 1. The number of rotatable bonds is 9. The van der Waals surface area contributed by atoms with Gasteiger partial charge in [0.1, 0.15) is 18.2 Å². The first kappa shape index (κ1) is 21.8. The Labute approximate surface area is 177 Å². The number of carbonyl (C=O) groups is 2. The third-order valence-corrected chi connectivity index (χ3v) is 5.09. The van der Waals surface area contributed by atoms with Crippen LogP contribution in [0.15, 0.2) is 42.5 Å². The fourth-order valence-corrected chi connectivity index (χ4v) is 3.44. The van der Waals surface area contributed by atoms with E-state index < -0.39 is 0 Å². The molecular formula is C23H29N3O4. The van der Waals surface area contributed by atoms with Gasteiger partial charge in [-0.3, -0.25) is 14.5 Å². The molecule has 0 bridgehead atoms. The van der Waals surface area contributed by atoms with E-state index in [1.807, 2.05) is 42.5 Å². The van der Waals surface area contributed by atoms with Crippen molar-refractivity contribution < 1.29 is 19.1 Å². The lowest BCUT2D eigenvalue weighted by molar-refractivity contribution is -0.147. The molecule has 0 atom stereocenters. The van der Waals surface area contributed by atoms with Crippen LogP contribution in [0.2, 0.25) is 0 Å². The lowest BCUT2D eigenvalue weighted by Gasteiger charge is -2.35. The molecule has 160 valence electrons. The summed E-state index contributed by atoms with van der Waals surface area (Å²) in [5.74, 6) is 1.35. The summed E-state index contributed by atoms with van der Waals surface area (Å²) in [4.78, 5) is 31.9. The van der Waals surface area contributed by atoms with Gasteiger partial charge in [-0.25, -0.2) is 4.98 Å². The number of pyridine rings is 1. The molecule has 1 fully saturated rings. The van der Waals surface area contributed by atoms with Gasteiger partial charge in [0.15, 0.2) is 5.78 Å².